The number of rotatable bonds is 6. The number of anilines is 1. The molecular weight excluding hydrogens is 276 g/mol. The Labute approximate surface area is 122 Å². The zero-order valence-electron chi connectivity index (χ0n) is 11.9. The number of amides is 2. The summed E-state index contributed by atoms with van der Waals surface area (Å²) in [4.78, 5) is 35.0. The molecule has 0 radical (unpaired) electrons. The SMILES string of the molecule is CCN(C(=O)N[C@@H](CC(=O)O)C(=O)O)c1ccc(C)cc1. The van der Waals surface area contributed by atoms with Crippen molar-refractivity contribution in [2.24, 2.45) is 0 Å². The van der Waals surface area contributed by atoms with Crippen LogP contribution in [0.3, 0.4) is 0 Å². The highest BCUT2D eigenvalue weighted by atomic mass is 16.4. The third kappa shape index (κ3) is 4.79. The van der Waals surface area contributed by atoms with Crippen molar-refractivity contribution in [1.29, 1.82) is 0 Å². The molecule has 0 saturated heterocycles. The Morgan fingerprint density at radius 3 is 2.19 bits per heavy atom. The van der Waals surface area contributed by atoms with E-state index in [1.165, 1.54) is 4.90 Å². The van der Waals surface area contributed by atoms with Gasteiger partial charge in [-0.15, -0.1) is 0 Å². The minimum Gasteiger partial charge on any atom is -0.481 e. The molecule has 0 aromatic heterocycles. The van der Waals surface area contributed by atoms with Crippen LogP contribution in [-0.4, -0.2) is 40.8 Å². The Morgan fingerprint density at radius 2 is 1.76 bits per heavy atom. The Balaban J connectivity index is 2.85. The molecule has 1 atom stereocenters. The van der Waals surface area contributed by atoms with Crippen LogP contribution in [0.1, 0.15) is 18.9 Å². The summed E-state index contributed by atoms with van der Waals surface area (Å²) in [6, 6.07) is 5.04. The molecule has 0 aliphatic heterocycles. The van der Waals surface area contributed by atoms with Crippen LogP contribution >= 0.6 is 0 Å². The minimum absolute atomic E-state index is 0.328. The topological polar surface area (TPSA) is 107 Å². The molecule has 1 rings (SSSR count). The van der Waals surface area contributed by atoms with Crippen molar-refractivity contribution in [3.05, 3.63) is 29.8 Å². The molecule has 1 aromatic carbocycles. The van der Waals surface area contributed by atoms with E-state index in [1.807, 2.05) is 19.1 Å². The van der Waals surface area contributed by atoms with Crippen LogP contribution < -0.4 is 10.2 Å². The number of nitrogens with zero attached hydrogens (tertiary/aromatic N) is 1. The molecule has 0 aliphatic carbocycles. The molecule has 3 N–H and O–H groups in total. The van der Waals surface area contributed by atoms with E-state index >= 15 is 0 Å². The zero-order chi connectivity index (χ0) is 16.0. The Kier molecular flexibility index (Phi) is 5.71. The first kappa shape index (κ1) is 16.5. The van der Waals surface area contributed by atoms with Crippen LogP contribution in [0.4, 0.5) is 10.5 Å². The van der Waals surface area contributed by atoms with Crippen LogP contribution in [0.5, 0.6) is 0 Å². The number of aliphatic carboxylic acids is 2. The number of hydrogen-bond donors (Lipinski definition) is 3. The molecule has 0 unspecified atom stereocenters. The lowest BCUT2D eigenvalue weighted by Crippen LogP contribution is -2.49. The van der Waals surface area contributed by atoms with Crippen molar-refractivity contribution in [1.82, 2.24) is 5.32 Å². The van der Waals surface area contributed by atoms with E-state index in [4.69, 9.17) is 10.2 Å². The van der Waals surface area contributed by atoms with Gasteiger partial charge in [0.1, 0.15) is 6.04 Å². The van der Waals surface area contributed by atoms with Gasteiger partial charge in [-0.25, -0.2) is 9.59 Å². The van der Waals surface area contributed by atoms with Crippen molar-refractivity contribution in [3.63, 3.8) is 0 Å². The van der Waals surface area contributed by atoms with E-state index in [1.54, 1.807) is 19.1 Å². The van der Waals surface area contributed by atoms with Crippen molar-refractivity contribution < 1.29 is 24.6 Å². The van der Waals surface area contributed by atoms with E-state index < -0.39 is 30.4 Å². The van der Waals surface area contributed by atoms with E-state index in [2.05, 4.69) is 5.32 Å². The molecular formula is C14H18N2O5. The van der Waals surface area contributed by atoms with Gasteiger partial charge in [0.2, 0.25) is 0 Å². The van der Waals surface area contributed by atoms with E-state index in [0.29, 0.717) is 12.2 Å². The standard InChI is InChI=1S/C14H18N2O5/c1-3-16(10-6-4-9(2)5-7-10)14(21)15-11(13(19)20)8-12(17)18/h4-7,11H,3,8H2,1-2H3,(H,15,21)(H,17,18)(H,19,20)/t11-/m0/s1. The summed E-state index contributed by atoms with van der Waals surface area (Å²) in [5.41, 5.74) is 1.64. The Morgan fingerprint density at radius 1 is 1.19 bits per heavy atom. The number of carboxylic acids is 2. The molecule has 0 spiro atoms. The highest BCUT2D eigenvalue weighted by Crippen LogP contribution is 2.15. The van der Waals surface area contributed by atoms with E-state index in [0.717, 1.165) is 5.56 Å². The Bertz CT molecular complexity index is 527. The predicted molar refractivity (Wildman–Crippen MR) is 76.4 cm³/mol. The fraction of sp³-hybridized carbons (Fsp3) is 0.357. The fourth-order valence-corrected chi connectivity index (χ4v) is 1.77. The van der Waals surface area contributed by atoms with Gasteiger partial charge in [0.15, 0.2) is 0 Å². The lowest BCUT2D eigenvalue weighted by molar-refractivity contribution is -0.145. The smallest absolute Gasteiger partial charge is 0.326 e. The summed E-state index contributed by atoms with van der Waals surface area (Å²) < 4.78 is 0. The average Bonchev–Trinajstić information content (AvgIpc) is 2.40. The predicted octanol–water partition coefficient (Wildman–Crippen LogP) is 1.46. The second-order valence-corrected chi connectivity index (χ2v) is 4.52. The molecule has 7 heteroatoms. The molecule has 7 nitrogen and oxygen atoms in total. The first-order chi connectivity index (χ1) is 9.85. The summed E-state index contributed by atoms with van der Waals surface area (Å²) in [5, 5.41) is 19.8. The maximum Gasteiger partial charge on any atom is 0.326 e. The lowest BCUT2D eigenvalue weighted by atomic mass is 10.2. The number of carbonyl (C=O) groups excluding carboxylic acids is 1. The van der Waals surface area contributed by atoms with Crippen molar-refractivity contribution in [2.75, 3.05) is 11.4 Å². The van der Waals surface area contributed by atoms with Crippen LogP contribution in [-0.2, 0) is 9.59 Å². The minimum atomic E-state index is -1.46. The number of aryl methyl sites for hydroxylation is 1. The number of hydrogen-bond acceptors (Lipinski definition) is 3. The van der Waals surface area contributed by atoms with Crippen molar-refractivity contribution >= 4 is 23.7 Å². The average molecular weight is 294 g/mol. The second kappa shape index (κ2) is 7.28. The van der Waals surface area contributed by atoms with Crippen LogP contribution in [0.15, 0.2) is 24.3 Å². The summed E-state index contributed by atoms with van der Waals surface area (Å²) in [7, 11) is 0. The lowest BCUT2D eigenvalue weighted by Gasteiger charge is -2.23. The number of urea groups is 1. The van der Waals surface area contributed by atoms with Gasteiger partial charge in [-0.2, -0.15) is 0 Å². The van der Waals surface area contributed by atoms with Gasteiger partial charge in [0.25, 0.3) is 0 Å². The molecule has 21 heavy (non-hydrogen) atoms. The van der Waals surface area contributed by atoms with Gasteiger partial charge < -0.3 is 15.5 Å². The number of carboxylic acid groups (broad SMARTS) is 2. The number of carbonyl (C=O) groups is 3. The number of nitrogens with one attached hydrogen (secondary N) is 1. The molecule has 114 valence electrons. The van der Waals surface area contributed by atoms with Crippen molar-refractivity contribution in [3.8, 4) is 0 Å². The molecule has 0 bridgehead atoms. The monoisotopic (exact) mass is 294 g/mol. The summed E-state index contributed by atoms with van der Waals surface area (Å²) in [6.45, 7) is 3.98. The van der Waals surface area contributed by atoms with Gasteiger partial charge in [-0.05, 0) is 26.0 Å². The van der Waals surface area contributed by atoms with Gasteiger partial charge in [-0.3, -0.25) is 9.69 Å². The first-order valence-corrected chi connectivity index (χ1v) is 6.44. The quantitative estimate of drug-likeness (QED) is 0.736. The van der Waals surface area contributed by atoms with Gasteiger partial charge >= 0.3 is 18.0 Å². The van der Waals surface area contributed by atoms with Gasteiger partial charge in [0, 0.05) is 12.2 Å². The van der Waals surface area contributed by atoms with Crippen LogP contribution in [0, 0.1) is 6.92 Å². The molecule has 0 aliphatic rings. The maximum atomic E-state index is 12.1. The fourth-order valence-electron chi connectivity index (χ4n) is 1.77. The summed E-state index contributed by atoms with van der Waals surface area (Å²) in [5.74, 6) is -2.67. The highest BCUT2D eigenvalue weighted by Gasteiger charge is 2.25. The molecule has 0 fully saturated rings. The normalized spacial score (nSPS) is 11.5. The molecule has 1 aromatic rings. The summed E-state index contributed by atoms with van der Waals surface area (Å²) in [6.07, 6.45) is -0.674. The van der Waals surface area contributed by atoms with E-state index in [9.17, 15) is 14.4 Å². The van der Waals surface area contributed by atoms with Gasteiger partial charge in [-0.1, -0.05) is 17.7 Å². The molecule has 0 saturated carbocycles. The maximum absolute atomic E-state index is 12.1. The first-order valence-electron chi connectivity index (χ1n) is 6.44. The molecule has 2 amide bonds. The zero-order valence-corrected chi connectivity index (χ0v) is 11.9. The number of benzene rings is 1. The summed E-state index contributed by atoms with van der Waals surface area (Å²) >= 11 is 0. The van der Waals surface area contributed by atoms with Crippen molar-refractivity contribution in [2.45, 2.75) is 26.3 Å². The van der Waals surface area contributed by atoms with Gasteiger partial charge in [0.05, 0.1) is 6.42 Å². The van der Waals surface area contributed by atoms with Crippen LogP contribution in [0.25, 0.3) is 0 Å². The second-order valence-electron chi connectivity index (χ2n) is 4.52. The highest BCUT2D eigenvalue weighted by molar-refractivity contribution is 5.95. The third-order valence-electron chi connectivity index (χ3n) is 2.88. The van der Waals surface area contributed by atoms with Crippen LogP contribution in [0.2, 0.25) is 0 Å². The third-order valence-corrected chi connectivity index (χ3v) is 2.88. The molecule has 0 heterocycles. The Hall–Kier alpha value is -2.57. The van der Waals surface area contributed by atoms with E-state index in [-0.39, 0.29) is 0 Å². The largest absolute Gasteiger partial charge is 0.481 e.